The third-order valence-electron chi connectivity index (χ3n) is 6.14. The van der Waals surface area contributed by atoms with Gasteiger partial charge in [0, 0.05) is 25.6 Å². The maximum Gasteiger partial charge on any atom is 0.310 e. The number of aryl methyl sites for hydroxylation is 2. The van der Waals surface area contributed by atoms with Gasteiger partial charge in [-0.25, -0.2) is 4.68 Å². The van der Waals surface area contributed by atoms with Gasteiger partial charge in [-0.15, -0.1) is 0 Å². The molecule has 0 spiro atoms. The summed E-state index contributed by atoms with van der Waals surface area (Å²) in [6.07, 6.45) is 0.811. The normalized spacial score (nSPS) is 10.5. The van der Waals surface area contributed by atoms with E-state index in [1.54, 1.807) is 13.0 Å². The summed E-state index contributed by atoms with van der Waals surface area (Å²) in [7, 11) is 0. The number of benzene rings is 2. The number of esters is 1. The number of nitrogens with zero attached hydrogens (tertiary/aromatic N) is 3. The average Bonchev–Trinajstić information content (AvgIpc) is 2.92. The molecule has 39 heavy (non-hydrogen) atoms. The molecule has 0 saturated carbocycles. The third-order valence-corrected chi connectivity index (χ3v) is 6.14. The van der Waals surface area contributed by atoms with Crippen molar-refractivity contribution in [2.24, 2.45) is 0 Å². The minimum atomic E-state index is -0.250. The van der Waals surface area contributed by atoms with E-state index in [0.717, 1.165) is 42.0 Å². The second-order valence-electron chi connectivity index (χ2n) is 9.31. The first-order valence-corrected chi connectivity index (χ1v) is 13.6. The molecule has 1 N–H and O–H groups in total. The maximum absolute atomic E-state index is 11.7. The molecule has 0 radical (unpaired) electrons. The molecular weight excluding hydrogens is 492 g/mol. The van der Waals surface area contributed by atoms with Crippen LogP contribution in [0, 0.1) is 13.8 Å². The highest BCUT2D eigenvalue weighted by atomic mass is 16.5. The molecule has 0 aliphatic carbocycles. The highest BCUT2D eigenvalue weighted by Crippen LogP contribution is 2.08. The van der Waals surface area contributed by atoms with Crippen molar-refractivity contribution in [1.29, 1.82) is 0 Å². The van der Waals surface area contributed by atoms with Gasteiger partial charge in [0.2, 0.25) is 5.91 Å². The monoisotopic (exact) mass is 534 g/mol. The molecule has 3 rings (SSSR count). The summed E-state index contributed by atoms with van der Waals surface area (Å²) >= 11 is 0. The minimum absolute atomic E-state index is 0.127. The number of nitrogens with one attached hydrogen (secondary N) is 1. The second-order valence-corrected chi connectivity index (χ2v) is 9.31. The van der Waals surface area contributed by atoms with Crippen LogP contribution in [-0.2, 0) is 33.8 Å². The Hall–Kier alpha value is -3.78. The van der Waals surface area contributed by atoms with E-state index in [2.05, 4.69) is 60.4 Å². The summed E-state index contributed by atoms with van der Waals surface area (Å²) in [5, 5.41) is 7.16. The van der Waals surface area contributed by atoms with E-state index < -0.39 is 0 Å². The number of ether oxygens (including phenoxy) is 1. The summed E-state index contributed by atoms with van der Waals surface area (Å²) in [5.74, 6) is -0.122. The van der Waals surface area contributed by atoms with Gasteiger partial charge in [-0.3, -0.25) is 14.4 Å². The lowest BCUT2D eigenvalue weighted by Gasteiger charge is -2.17. The largest absolute Gasteiger partial charge is 0.466 e. The van der Waals surface area contributed by atoms with Gasteiger partial charge in [-0.2, -0.15) is 5.10 Å². The Kier molecular flexibility index (Phi) is 13.7. The quantitative estimate of drug-likeness (QED) is 0.353. The molecule has 0 bridgehead atoms. The van der Waals surface area contributed by atoms with Crippen LogP contribution in [0.15, 0.2) is 65.5 Å². The smallest absolute Gasteiger partial charge is 0.310 e. The van der Waals surface area contributed by atoms with Crippen LogP contribution < -0.4 is 10.9 Å². The molecule has 210 valence electrons. The fourth-order valence-electron chi connectivity index (χ4n) is 3.85. The number of aromatic nitrogens is 2. The van der Waals surface area contributed by atoms with Gasteiger partial charge in [0.05, 0.1) is 25.3 Å². The van der Waals surface area contributed by atoms with Crippen LogP contribution in [-0.4, -0.2) is 52.8 Å². The molecule has 1 aromatic heterocycles. The Balaban J connectivity index is 0.000000277. The molecule has 0 aliphatic heterocycles. The van der Waals surface area contributed by atoms with Crippen LogP contribution in [0.25, 0.3) is 0 Å². The number of rotatable bonds is 12. The Labute approximate surface area is 232 Å². The van der Waals surface area contributed by atoms with Crippen molar-refractivity contribution >= 4 is 11.9 Å². The van der Waals surface area contributed by atoms with E-state index in [9.17, 15) is 14.4 Å². The molecule has 0 saturated heterocycles. The number of amides is 1. The van der Waals surface area contributed by atoms with Gasteiger partial charge in [-0.1, -0.05) is 67.9 Å². The van der Waals surface area contributed by atoms with Gasteiger partial charge < -0.3 is 15.0 Å². The molecule has 0 aliphatic rings. The van der Waals surface area contributed by atoms with Crippen molar-refractivity contribution < 1.29 is 14.3 Å². The zero-order valence-corrected chi connectivity index (χ0v) is 23.9. The predicted octanol–water partition coefficient (Wildman–Crippen LogP) is 4.05. The zero-order valence-electron chi connectivity index (χ0n) is 23.9. The van der Waals surface area contributed by atoms with Crippen molar-refractivity contribution in [2.75, 3.05) is 26.2 Å². The molecule has 1 heterocycles. The highest BCUT2D eigenvalue weighted by molar-refractivity contribution is 5.76. The van der Waals surface area contributed by atoms with Crippen LogP contribution in [0.4, 0.5) is 0 Å². The van der Waals surface area contributed by atoms with Gasteiger partial charge in [0.1, 0.15) is 0 Å². The van der Waals surface area contributed by atoms with Gasteiger partial charge in [0.15, 0.2) is 0 Å². The molecule has 2 aromatic carbocycles. The number of hydrogen-bond acceptors (Lipinski definition) is 6. The van der Waals surface area contributed by atoms with Crippen molar-refractivity contribution in [1.82, 2.24) is 20.0 Å². The Bertz CT molecular complexity index is 1230. The first-order chi connectivity index (χ1) is 18.7. The van der Waals surface area contributed by atoms with E-state index in [4.69, 9.17) is 4.74 Å². The molecule has 3 aromatic rings. The zero-order chi connectivity index (χ0) is 28.6. The van der Waals surface area contributed by atoms with Crippen molar-refractivity contribution in [3.8, 4) is 0 Å². The summed E-state index contributed by atoms with van der Waals surface area (Å²) in [4.78, 5) is 37.2. The summed E-state index contributed by atoms with van der Waals surface area (Å²) in [6, 6.07) is 19.0. The Morgan fingerprint density at radius 1 is 0.923 bits per heavy atom. The van der Waals surface area contributed by atoms with Gasteiger partial charge >= 0.3 is 5.97 Å². The molecule has 0 fully saturated rings. The van der Waals surface area contributed by atoms with Crippen molar-refractivity contribution in [3.63, 3.8) is 0 Å². The molecule has 0 unspecified atom stereocenters. The van der Waals surface area contributed by atoms with Crippen molar-refractivity contribution in [2.45, 2.75) is 60.5 Å². The lowest BCUT2D eigenvalue weighted by Crippen LogP contribution is -2.30. The average molecular weight is 535 g/mol. The van der Waals surface area contributed by atoms with E-state index >= 15 is 0 Å². The van der Waals surface area contributed by atoms with Gasteiger partial charge in [0.25, 0.3) is 5.56 Å². The van der Waals surface area contributed by atoms with Crippen molar-refractivity contribution in [3.05, 3.63) is 99.0 Å². The fraction of sp³-hybridized carbons (Fsp3) is 0.419. The third kappa shape index (κ3) is 12.1. The van der Waals surface area contributed by atoms with E-state index in [-0.39, 0.29) is 23.9 Å². The van der Waals surface area contributed by atoms with Crippen LogP contribution in [0.2, 0.25) is 0 Å². The standard InChI is InChI=1S/C16H18N2O3.C15H24N2O/c1-3-21-16(20)10-13-5-4-6-14(9-13)11-18-15(19)8-7-12(2)17-18;1-4-17(5-2)11-10-15(18)16-12-14-8-6-13(3)7-9-14/h4-9H,3,10-11H2,1-2H3;6-9H,4-5,10-12H2,1-3H3,(H,16,18). The molecule has 1 amide bonds. The number of carbonyl (C=O) groups is 2. The first-order valence-electron chi connectivity index (χ1n) is 13.6. The first kappa shape index (κ1) is 31.4. The number of hydrogen-bond donors (Lipinski definition) is 1. The molecule has 0 atom stereocenters. The highest BCUT2D eigenvalue weighted by Gasteiger charge is 2.07. The molecule has 8 nitrogen and oxygen atoms in total. The SMILES string of the molecule is CCN(CC)CCC(=O)NCc1ccc(C)cc1.CCOC(=O)Cc1cccc(Cn2nc(C)ccc2=O)c1. The summed E-state index contributed by atoms with van der Waals surface area (Å²) < 4.78 is 6.35. The molecule has 8 heteroatoms. The van der Waals surface area contributed by atoms with Crippen LogP contribution in [0.1, 0.15) is 55.1 Å². The maximum atomic E-state index is 11.7. The van der Waals surface area contributed by atoms with E-state index in [1.165, 1.54) is 16.3 Å². The lowest BCUT2D eigenvalue weighted by atomic mass is 10.1. The predicted molar refractivity (Wildman–Crippen MR) is 155 cm³/mol. The minimum Gasteiger partial charge on any atom is -0.466 e. The van der Waals surface area contributed by atoms with Crippen LogP contribution in [0.3, 0.4) is 0 Å². The van der Waals surface area contributed by atoms with Crippen LogP contribution in [0.5, 0.6) is 0 Å². The second kappa shape index (κ2) is 16.9. The lowest BCUT2D eigenvalue weighted by molar-refractivity contribution is -0.142. The Morgan fingerprint density at radius 2 is 1.62 bits per heavy atom. The van der Waals surface area contributed by atoms with E-state index in [0.29, 0.717) is 26.1 Å². The van der Waals surface area contributed by atoms with Gasteiger partial charge in [-0.05, 0) is 56.6 Å². The fourth-order valence-corrected chi connectivity index (χ4v) is 3.85. The summed E-state index contributed by atoms with van der Waals surface area (Å²) in [6.45, 7) is 14.1. The Morgan fingerprint density at radius 3 is 2.28 bits per heavy atom. The summed E-state index contributed by atoms with van der Waals surface area (Å²) in [5.41, 5.74) is 4.83. The van der Waals surface area contributed by atoms with Crippen LogP contribution >= 0.6 is 0 Å². The molecular formula is C31H42N4O4. The number of carbonyl (C=O) groups excluding carboxylic acids is 2. The topological polar surface area (TPSA) is 93.5 Å². The van der Waals surface area contributed by atoms with E-state index in [1.807, 2.05) is 31.2 Å².